The molecule has 344 valence electrons. The number of fused-ring (bicyclic) bond motifs is 4. The molecule has 0 aromatic heterocycles. The molecule has 0 bridgehead atoms. The van der Waals surface area contributed by atoms with Crippen molar-refractivity contribution in [3.05, 3.63) is 132 Å². The van der Waals surface area contributed by atoms with Crippen LogP contribution in [0.5, 0.6) is 23.0 Å². The smallest absolute Gasteiger partial charge is 0.410 e. The van der Waals surface area contributed by atoms with Gasteiger partial charge in [-0.05, 0) is 108 Å². The predicted octanol–water partition coefficient (Wildman–Crippen LogP) is 9.94. The molecule has 4 amide bonds. The Balaban J connectivity index is 0.000000185. The molecule has 0 radical (unpaired) electrons. The second kappa shape index (κ2) is 18.7. The number of nitrogens with one attached hydrogen (secondary N) is 1. The lowest BCUT2D eigenvalue weighted by Gasteiger charge is -2.37. The van der Waals surface area contributed by atoms with E-state index in [0.717, 1.165) is 16.9 Å². The fraction of sp³-hybridized carbons (Fsp3) is 0.333. The molecule has 9 rings (SSSR count). The van der Waals surface area contributed by atoms with Gasteiger partial charge in [0, 0.05) is 52.4 Å². The van der Waals surface area contributed by atoms with Crippen LogP contribution in [0.15, 0.2) is 109 Å². The van der Waals surface area contributed by atoms with Gasteiger partial charge in [-0.15, -0.1) is 0 Å². The standard InChI is InChI=1S/C29H30FN3O4.C22H25N3O4/c1-29(2,3)37-28(35)32-17-15-31(16-18-32)24-9-6-7-22-26(24)36-25-10-5-4-8-23(25)33(27(22)34)19-20-11-13-21(30)14-12-20;1-22(2,3)29-21(27)25-13-11-24(12-14-25)17-9-6-7-15-19(17)28-18-10-5-4-8-16(18)23-20(15)26/h4-14H,15-19H2,1-3H3;4-10H,11-14H2,1-3H3,(H,23,26). The van der Waals surface area contributed by atoms with E-state index >= 15 is 0 Å². The van der Waals surface area contributed by atoms with Gasteiger partial charge in [0.25, 0.3) is 11.8 Å². The maximum absolute atomic E-state index is 13.9. The summed E-state index contributed by atoms with van der Waals surface area (Å²) in [6.07, 6.45) is -0.621. The van der Waals surface area contributed by atoms with E-state index in [2.05, 4.69) is 15.1 Å². The summed E-state index contributed by atoms with van der Waals surface area (Å²) in [6, 6.07) is 32.1. The summed E-state index contributed by atoms with van der Waals surface area (Å²) >= 11 is 0. The quantitative estimate of drug-likeness (QED) is 0.186. The second-order valence-corrected chi connectivity index (χ2v) is 18.4. The van der Waals surface area contributed by atoms with Gasteiger partial charge in [0.2, 0.25) is 0 Å². The van der Waals surface area contributed by atoms with Crippen molar-refractivity contribution in [1.29, 1.82) is 0 Å². The van der Waals surface area contributed by atoms with Crippen molar-refractivity contribution in [3.8, 4) is 23.0 Å². The Kier molecular flexibility index (Phi) is 12.8. The lowest BCUT2D eigenvalue weighted by atomic mass is 10.1. The minimum atomic E-state index is -0.549. The van der Waals surface area contributed by atoms with Crippen LogP contribution in [0.4, 0.5) is 36.7 Å². The molecule has 5 aromatic rings. The van der Waals surface area contributed by atoms with E-state index in [4.69, 9.17) is 18.9 Å². The highest BCUT2D eigenvalue weighted by atomic mass is 19.1. The van der Waals surface area contributed by atoms with Crippen molar-refractivity contribution in [2.45, 2.75) is 59.3 Å². The maximum Gasteiger partial charge on any atom is 0.410 e. The molecule has 2 saturated heterocycles. The Labute approximate surface area is 384 Å². The minimum Gasteiger partial charge on any atom is -0.452 e. The largest absolute Gasteiger partial charge is 0.452 e. The van der Waals surface area contributed by atoms with E-state index in [9.17, 15) is 23.6 Å². The molecule has 0 unspecified atom stereocenters. The molecule has 0 spiro atoms. The SMILES string of the molecule is CC(C)(C)OC(=O)N1CCN(c2cccc3c2Oc2ccccc2N(Cc2ccc(F)cc2)C3=O)CC1.CC(C)(C)OC(=O)N1CCN(c2cccc3c2Oc2ccccc2NC3=O)CC1. The van der Waals surface area contributed by atoms with Crippen molar-refractivity contribution in [3.63, 3.8) is 0 Å². The summed E-state index contributed by atoms with van der Waals surface area (Å²) < 4.78 is 37.0. The fourth-order valence-corrected chi connectivity index (χ4v) is 8.04. The molecule has 0 saturated carbocycles. The first kappa shape index (κ1) is 45.3. The van der Waals surface area contributed by atoms with E-state index in [1.165, 1.54) is 12.1 Å². The monoisotopic (exact) mass is 898 g/mol. The van der Waals surface area contributed by atoms with Crippen LogP contribution in [0.3, 0.4) is 0 Å². The highest BCUT2D eigenvalue weighted by molar-refractivity contribution is 6.11. The molecule has 4 heterocycles. The molecule has 1 N–H and O–H groups in total. The van der Waals surface area contributed by atoms with Gasteiger partial charge in [0.05, 0.1) is 40.4 Å². The zero-order chi connectivity index (χ0) is 46.8. The van der Waals surface area contributed by atoms with Crippen LogP contribution < -0.4 is 29.5 Å². The second-order valence-electron chi connectivity index (χ2n) is 18.4. The van der Waals surface area contributed by atoms with Crippen LogP contribution in [0.2, 0.25) is 0 Å². The predicted molar refractivity (Wildman–Crippen MR) is 251 cm³/mol. The van der Waals surface area contributed by atoms with Crippen LogP contribution in [-0.4, -0.2) is 97.4 Å². The first-order chi connectivity index (χ1) is 31.5. The maximum atomic E-state index is 13.9. The highest BCUT2D eigenvalue weighted by Gasteiger charge is 2.34. The molecule has 4 aliphatic rings. The van der Waals surface area contributed by atoms with Gasteiger partial charge in [-0.2, -0.15) is 0 Å². The molecule has 2 fully saturated rings. The Bertz CT molecular complexity index is 2610. The average Bonchev–Trinajstić information content (AvgIpc) is 3.51. The summed E-state index contributed by atoms with van der Waals surface area (Å²) in [5.74, 6) is 1.50. The summed E-state index contributed by atoms with van der Waals surface area (Å²) in [7, 11) is 0. The van der Waals surface area contributed by atoms with Gasteiger partial charge < -0.3 is 48.8 Å². The van der Waals surface area contributed by atoms with E-state index in [0.29, 0.717) is 97.9 Å². The number of amides is 4. The lowest BCUT2D eigenvalue weighted by molar-refractivity contribution is 0.0230. The number of rotatable bonds is 4. The van der Waals surface area contributed by atoms with Crippen molar-refractivity contribution in [1.82, 2.24) is 9.80 Å². The number of benzene rings is 5. The number of hydrogen-bond acceptors (Lipinski definition) is 10. The number of halogens is 1. The zero-order valence-electron chi connectivity index (χ0n) is 38.1. The third-order valence-electron chi connectivity index (χ3n) is 11.2. The molecular formula is C51H55FN6O8. The number of ether oxygens (including phenoxy) is 4. The average molecular weight is 899 g/mol. The number of nitrogens with zero attached hydrogens (tertiary/aromatic N) is 5. The molecular weight excluding hydrogens is 844 g/mol. The Morgan fingerprint density at radius 3 is 1.61 bits per heavy atom. The van der Waals surface area contributed by atoms with Crippen LogP contribution in [-0.2, 0) is 16.0 Å². The molecule has 4 aliphatic heterocycles. The lowest BCUT2D eigenvalue weighted by Crippen LogP contribution is -2.50. The molecule has 66 heavy (non-hydrogen) atoms. The van der Waals surface area contributed by atoms with E-state index in [-0.39, 0.29) is 36.4 Å². The molecule has 0 aliphatic carbocycles. The van der Waals surface area contributed by atoms with Crippen molar-refractivity contribution in [2.75, 3.05) is 72.4 Å². The fourth-order valence-electron chi connectivity index (χ4n) is 8.04. The van der Waals surface area contributed by atoms with Crippen LogP contribution in [0.25, 0.3) is 0 Å². The number of carbonyl (C=O) groups excluding carboxylic acids is 4. The van der Waals surface area contributed by atoms with Crippen LogP contribution in [0.1, 0.15) is 67.8 Å². The topological polar surface area (TPSA) is 133 Å². The Hall–Kier alpha value is -7.29. The first-order valence-electron chi connectivity index (χ1n) is 22.1. The molecule has 14 nitrogen and oxygen atoms in total. The summed E-state index contributed by atoms with van der Waals surface area (Å²) in [5, 5.41) is 2.90. The third-order valence-corrected chi connectivity index (χ3v) is 11.2. The van der Waals surface area contributed by atoms with Crippen LogP contribution >= 0.6 is 0 Å². The third kappa shape index (κ3) is 10.3. The number of hydrogen-bond donors (Lipinski definition) is 1. The summed E-state index contributed by atoms with van der Waals surface area (Å²) in [4.78, 5) is 60.7. The number of para-hydroxylation sites is 6. The van der Waals surface area contributed by atoms with Gasteiger partial charge in [-0.3, -0.25) is 9.59 Å². The van der Waals surface area contributed by atoms with E-state index < -0.39 is 11.2 Å². The van der Waals surface area contributed by atoms with Gasteiger partial charge in [-0.25, -0.2) is 14.0 Å². The van der Waals surface area contributed by atoms with Crippen molar-refractivity contribution < 1.29 is 42.5 Å². The highest BCUT2D eigenvalue weighted by Crippen LogP contribution is 2.45. The number of carbonyl (C=O) groups is 4. The minimum absolute atomic E-state index is 0.195. The van der Waals surface area contributed by atoms with E-state index in [1.54, 1.807) is 39.0 Å². The van der Waals surface area contributed by atoms with Gasteiger partial charge in [0.15, 0.2) is 23.0 Å². The van der Waals surface area contributed by atoms with Crippen molar-refractivity contribution in [2.24, 2.45) is 0 Å². The number of anilines is 4. The van der Waals surface area contributed by atoms with Crippen LogP contribution in [0, 0.1) is 5.82 Å². The normalized spacial score (nSPS) is 15.8. The number of piperazine rings is 2. The Morgan fingerprint density at radius 2 is 1.05 bits per heavy atom. The van der Waals surface area contributed by atoms with Gasteiger partial charge in [-0.1, -0.05) is 48.5 Å². The molecule has 0 atom stereocenters. The molecule has 5 aromatic carbocycles. The van der Waals surface area contributed by atoms with Gasteiger partial charge >= 0.3 is 12.2 Å². The zero-order valence-corrected chi connectivity index (χ0v) is 38.1. The van der Waals surface area contributed by atoms with Gasteiger partial charge in [0.1, 0.15) is 17.0 Å². The van der Waals surface area contributed by atoms with Crippen molar-refractivity contribution >= 4 is 46.8 Å². The van der Waals surface area contributed by atoms with E-state index in [1.807, 2.05) is 114 Å². The Morgan fingerprint density at radius 1 is 0.576 bits per heavy atom. The first-order valence-corrected chi connectivity index (χ1v) is 22.1. The molecule has 15 heteroatoms. The summed E-state index contributed by atoms with van der Waals surface area (Å²) in [6.45, 7) is 15.9. The summed E-state index contributed by atoms with van der Waals surface area (Å²) in [5.41, 5.74) is 3.63.